The fourth-order valence-corrected chi connectivity index (χ4v) is 2.65. The zero-order chi connectivity index (χ0) is 15.2. The summed E-state index contributed by atoms with van der Waals surface area (Å²) in [6.45, 7) is 9.43. The third-order valence-corrected chi connectivity index (χ3v) is 3.96. The molecule has 0 saturated carbocycles. The van der Waals surface area contributed by atoms with Crippen LogP contribution in [0.2, 0.25) is 0 Å². The van der Waals surface area contributed by atoms with Crippen LogP contribution in [0.25, 0.3) is 0 Å². The molecular weight excluding hydrogens is 278 g/mol. The van der Waals surface area contributed by atoms with Gasteiger partial charge in [-0.15, -0.1) is 0 Å². The summed E-state index contributed by atoms with van der Waals surface area (Å²) in [6.07, 6.45) is 1.08. The first-order valence-electron chi connectivity index (χ1n) is 7.46. The highest BCUT2D eigenvalue weighted by Gasteiger charge is 2.09. The molecule has 0 aliphatic heterocycles. The number of hydrogen-bond acceptors (Lipinski definition) is 4. The number of aromatic nitrogens is 2. The normalized spacial score (nSPS) is 10.9. The molecule has 2 rings (SSSR count). The van der Waals surface area contributed by atoms with Crippen molar-refractivity contribution >= 4 is 17.6 Å². The van der Waals surface area contributed by atoms with Gasteiger partial charge in [0.25, 0.3) is 0 Å². The quantitative estimate of drug-likeness (QED) is 0.772. The average Bonchev–Trinajstić information content (AvgIpc) is 2.47. The van der Waals surface area contributed by atoms with Crippen molar-refractivity contribution in [2.75, 3.05) is 11.9 Å². The predicted octanol–water partition coefficient (Wildman–Crippen LogP) is 4.88. The van der Waals surface area contributed by atoms with Gasteiger partial charge in [-0.25, -0.2) is 9.97 Å². The first-order chi connectivity index (χ1) is 10.1. The Morgan fingerprint density at radius 1 is 1.14 bits per heavy atom. The fraction of sp³-hybridized carbons (Fsp3) is 0.412. The Hall–Kier alpha value is -1.55. The van der Waals surface area contributed by atoms with Crippen LogP contribution in [0.4, 0.5) is 5.82 Å². The lowest BCUT2D eigenvalue weighted by Crippen LogP contribution is -2.06. The molecule has 0 spiro atoms. The SMILES string of the molecule is CCCNc1cc(Sc2ccc(C)cc2)nc(C(C)C)n1. The summed E-state index contributed by atoms with van der Waals surface area (Å²) < 4.78 is 0. The molecule has 0 fully saturated rings. The number of hydrogen-bond donors (Lipinski definition) is 1. The molecule has 112 valence electrons. The maximum atomic E-state index is 4.67. The van der Waals surface area contributed by atoms with Crippen molar-refractivity contribution in [3.05, 3.63) is 41.7 Å². The smallest absolute Gasteiger partial charge is 0.134 e. The number of benzene rings is 1. The van der Waals surface area contributed by atoms with Crippen LogP contribution < -0.4 is 5.32 Å². The molecule has 0 atom stereocenters. The van der Waals surface area contributed by atoms with E-state index < -0.39 is 0 Å². The van der Waals surface area contributed by atoms with E-state index in [1.807, 2.05) is 6.07 Å². The zero-order valence-corrected chi connectivity index (χ0v) is 14.0. The molecule has 0 unspecified atom stereocenters. The van der Waals surface area contributed by atoms with E-state index in [1.54, 1.807) is 11.8 Å². The van der Waals surface area contributed by atoms with Crippen molar-refractivity contribution < 1.29 is 0 Å². The van der Waals surface area contributed by atoms with Gasteiger partial charge >= 0.3 is 0 Å². The molecule has 0 radical (unpaired) electrons. The van der Waals surface area contributed by atoms with Crippen molar-refractivity contribution in [2.24, 2.45) is 0 Å². The lowest BCUT2D eigenvalue weighted by Gasteiger charge is -2.11. The van der Waals surface area contributed by atoms with Crippen molar-refractivity contribution in [3.8, 4) is 0 Å². The largest absolute Gasteiger partial charge is 0.370 e. The monoisotopic (exact) mass is 301 g/mol. The molecule has 0 aliphatic carbocycles. The van der Waals surface area contributed by atoms with Gasteiger partial charge in [0.15, 0.2) is 0 Å². The average molecular weight is 301 g/mol. The van der Waals surface area contributed by atoms with E-state index in [0.717, 1.165) is 29.6 Å². The second-order valence-electron chi connectivity index (χ2n) is 5.45. The van der Waals surface area contributed by atoms with Gasteiger partial charge in [-0.05, 0) is 25.5 Å². The second-order valence-corrected chi connectivity index (χ2v) is 6.54. The molecule has 21 heavy (non-hydrogen) atoms. The van der Waals surface area contributed by atoms with E-state index >= 15 is 0 Å². The molecule has 2 aromatic rings. The minimum atomic E-state index is 0.325. The van der Waals surface area contributed by atoms with Gasteiger partial charge < -0.3 is 5.32 Å². The van der Waals surface area contributed by atoms with Gasteiger partial charge in [-0.2, -0.15) is 0 Å². The Morgan fingerprint density at radius 3 is 2.48 bits per heavy atom. The van der Waals surface area contributed by atoms with Gasteiger partial charge in [0.05, 0.1) is 0 Å². The standard InChI is InChI=1S/C17H23N3S/c1-5-10-18-15-11-16(20-17(19-15)12(2)3)21-14-8-6-13(4)7-9-14/h6-9,11-12H,5,10H2,1-4H3,(H,18,19,20). The van der Waals surface area contributed by atoms with Crippen LogP contribution in [-0.4, -0.2) is 16.5 Å². The van der Waals surface area contributed by atoms with Gasteiger partial charge in [-0.1, -0.05) is 50.2 Å². The molecule has 0 amide bonds. The van der Waals surface area contributed by atoms with E-state index in [0.29, 0.717) is 5.92 Å². The molecule has 3 nitrogen and oxygen atoms in total. The van der Waals surface area contributed by atoms with E-state index in [-0.39, 0.29) is 0 Å². The Balaban J connectivity index is 2.24. The summed E-state index contributed by atoms with van der Waals surface area (Å²) in [7, 11) is 0. The molecule has 0 bridgehead atoms. The fourth-order valence-electron chi connectivity index (χ4n) is 1.82. The van der Waals surface area contributed by atoms with Gasteiger partial charge in [0.2, 0.25) is 0 Å². The van der Waals surface area contributed by atoms with Crippen LogP contribution in [0.1, 0.15) is 44.5 Å². The summed E-state index contributed by atoms with van der Waals surface area (Å²) >= 11 is 1.68. The number of nitrogens with one attached hydrogen (secondary N) is 1. The Morgan fingerprint density at radius 2 is 1.86 bits per heavy atom. The lowest BCUT2D eigenvalue weighted by molar-refractivity contribution is 0.753. The number of nitrogens with zero attached hydrogens (tertiary/aromatic N) is 2. The molecule has 0 saturated heterocycles. The van der Waals surface area contributed by atoms with Gasteiger partial charge in [0, 0.05) is 23.4 Å². The molecule has 1 heterocycles. The van der Waals surface area contributed by atoms with Gasteiger partial charge in [-0.3, -0.25) is 0 Å². The van der Waals surface area contributed by atoms with Crippen LogP contribution in [0.3, 0.4) is 0 Å². The van der Waals surface area contributed by atoms with Crippen molar-refractivity contribution in [1.82, 2.24) is 9.97 Å². The first-order valence-corrected chi connectivity index (χ1v) is 8.27. The van der Waals surface area contributed by atoms with Crippen LogP contribution >= 0.6 is 11.8 Å². The highest BCUT2D eigenvalue weighted by Crippen LogP contribution is 2.28. The Kier molecular flexibility index (Phi) is 5.62. The topological polar surface area (TPSA) is 37.8 Å². The van der Waals surface area contributed by atoms with Gasteiger partial charge in [0.1, 0.15) is 16.7 Å². The Bertz CT molecular complexity index is 579. The van der Waals surface area contributed by atoms with E-state index in [4.69, 9.17) is 0 Å². The molecule has 1 N–H and O–H groups in total. The summed E-state index contributed by atoms with van der Waals surface area (Å²) in [5.74, 6) is 2.14. The third-order valence-electron chi connectivity index (χ3n) is 3.04. The number of rotatable bonds is 6. The zero-order valence-electron chi connectivity index (χ0n) is 13.2. The van der Waals surface area contributed by atoms with Crippen molar-refractivity contribution in [2.45, 2.75) is 50.0 Å². The van der Waals surface area contributed by atoms with E-state index in [9.17, 15) is 0 Å². The summed E-state index contributed by atoms with van der Waals surface area (Å²) in [6, 6.07) is 10.6. The first kappa shape index (κ1) is 15.8. The minimum absolute atomic E-state index is 0.325. The van der Waals surface area contributed by atoms with E-state index in [2.05, 4.69) is 67.2 Å². The molecule has 1 aromatic heterocycles. The third kappa shape index (κ3) is 4.74. The summed E-state index contributed by atoms with van der Waals surface area (Å²) in [4.78, 5) is 10.5. The summed E-state index contributed by atoms with van der Waals surface area (Å²) in [5.41, 5.74) is 1.27. The number of aryl methyl sites for hydroxylation is 1. The Labute approximate surface area is 131 Å². The predicted molar refractivity (Wildman–Crippen MR) is 90.2 cm³/mol. The van der Waals surface area contributed by atoms with Crippen molar-refractivity contribution in [1.29, 1.82) is 0 Å². The molecule has 1 aromatic carbocycles. The van der Waals surface area contributed by atoms with Crippen LogP contribution in [0.15, 0.2) is 40.3 Å². The highest BCUT2D eigenvalue weighted by molar-refractivity contribution is 7.99. The molecule has 0 aliphatic rings. The van der Waals surface area contributed by atoms with Crippen LogP contribution in [0.5, 0.6) is 0 Å². The lowest BCUT2D eigenvalue weighted by atomic mass is 10.2. The highest BCUT2D eigenvalue weighted by atomic mass is 32.2. The van der Waals surface area contributed by atoms with E-state index in [1.165, 1.54) is 10.5 Å². The molecule has 4 heteroatoms. The molecular formula is C17H23N3S. The van der Waals surface area contributed by atoms with Crippen LogP contribution in [0, 0.1) is 6.92 Å². The maximum Gasteiger partial charge on any atom is 0.134 e. The number of anilines is 1. The van der Waals surface area contributed by atoms with Crippen LogP contribution in [-0.2, 0) is 0 Å². The van der Waals surface area contributed by atoms with Crippen molar-refractivity contribution in [3.63, 3.8) is 0 Å². The summed E-state index contributed by atoms with van der Waals surface area (Å²) in [5, 5.41) is 4.36. The minimum Gasteiger partial charge on any atom is -0.370 e. The maximum absolute atomic E-state index is 4.67. The second kappa shape index (κ2) is 7.46.